The maximum absolute atomic E-state index is 12.3. The number of aromatic amines is 1. The average molecular weight is 402 g/mol. The fraction of sp³-hybridized carbons (Fsp3) is 0.667. The number of morpholine rings is 1. The number of rotatable bonds is 7. The van der Waals surface area contributed by atoms with Crippen LogP contribution in [0, 0.1) is 11.8 Å². The number of H-pyrrole nitrogens is 1. The van der Waals surface area contributed by atoms with Crippen LogP contribution in [0.5, 0.6) is 0 Å². The Bertz CT molecular complexity index is 783. The van der Waals surface area contributed by atoms with Crippen LogP contribution in [-0.4, -0.2) is 78.6 Å². The monoisotopic (exact) mass is 402 g/mol. The molecule has 158 valence electrons. The summed E-state index contributed by atoms with van der Waals surface area (Å²) >= 11 is 0. The highest BCUT2D eigenvalue weighted by Crippen LogP contribution is 2.31. The number of aromatic nitrogens is 1. The highest BCUT2D eigenvalue weighted by molar-refractivity contribution is 5.92. The second-order valence-corrected chi connectivity index (χ2v) is 8.56. The topological polar surface area (TPSA) is 94.7 Å². The molecule has 0 bridgehead atoms. The van der Waals surface area contributed by atoms with Crippen molar-refractivity contribution in [3.8, 4) is 0 Å². The summed E-state index contributed by atoms with van der Waals surface area (Å²) in [5, 5.41) is 2.79. The van der Waals surface area contributed by atoms with Crippen LogP contribution in [-0.2, 0) is 9.53 Å². The Morgan fingerprint density at radius 2 is 1.86 bits per heavy atom. The molecule has 3 heterocycles. The Kier molecular flexibility index (Phi) is 6.30. The van der Waals surface area contributed by atoms with E-state index < -0.39 is 0 Å². The number of likely N-dealkylation sites (tertiary alicyclic amines) is 1. The first-order valence-corrected chi connectivity index (χ1v) is 10.7. The number of nitrogens with one attached hydrogen (secondary N) is 2. The Morgan fingerprint density at radius 3 is 2.59 bits per heavy atom. The van der Waals surface area contributed by atoms with Crippen molar-refractivity contribution < 1.29 is 14.3 Å². The van der Waals surface area contributed by atoms with Gasteiger partial charge >= 0.3 is 0 Å². The van der Waals surface area contributed by atoms with Crippen molar-refractivity contribution >= 4 is 11.8 Å². The van der Waals surface area contributed by atoms with Crippen LogP contribution in [0.15, 0.2) is 23.0 Å². The lowest BCUT2D eigenvalue weighted by molar-refractivity contribution is -0.149. The molecule has 29 heavy (non-hydrogen) atoms. The fourth-order valence-corrected chi connectivity index (χ4v) is 4.19. The molecule has 2 N–H and O–H groups in total. The molecule has 0 aromatic carbocycles. The number of carbonyl (C=O) groups is 2. The van der Waals surface area contributed by atoms with Crippen molar-refractivity contribution in [2.75, 3.05) is 45.9 Å². The van der Waals surface area contributed by atoms with Gasteiger partial charge in [-0.05, 0) is 56.7 Å². The van der Waals surface area contributed by atoms with Crippen LogP contribution in [0.25, 0.3) is 0 Å². The van der Waals surface area contributed by atoms with Crippen molar-refractivity contribution in [3.63, 3.8) is 0 Å². The molecule has 2 aliphatic heterocycles. The predicted octanol–water partition coefficient (Wildman–Crippen LogP) is 0.454. The number of hydrogen-bond acceptors (Lipinski definition) is 5. The van der Waals surface area contributed by atoms with Gasteiger partial charge in [0, 0.05) is 32.2 Å². The van der Waals surface area contributed by atoms with Gasteiger partial charge in [0.2, 0.25) is 11.5 Å². The van der Waals surface area contributed by atoms with Crippen molar-refractivity contribution in [1.29, 1.82) is 0 Å². The molecule has 3 fully saturated rings. The van der Waals surface area contributed by atoms with Gasteiger partial charge in [0.05, 0.1) is 6.10 Å². The van der Waals surface area contributed by atoms with Gasteiger partial charge in [-0.15, -0.1) is 0 Å². The summed E-state index contributed by atoms with van der Waals surface area (Å²) < 4.78 is 5.60. The van der Waals surface area contributed by atoms with Crippen molar-refractivity contribution in [2.24, 2.45) is 11.8 Å². The Hall–Kier alpha value is -2.19. The quantitative estimate of drug-likeness (QED) is 0.691. The number of ether oxygens (including phenoxy) is 1. The van der Waals surface area contributed by atoms with Crippen LogP contribution in [0.2, 0.25) is 0 Å². The second-order valence-electron chi connectivity index (χ2n) is 8.56. The third-order valence-electron chi connectivity index (χ3n) is 6.12. The molecule has 1 saturated carbocycles. The number of amides is 2. The molecular formula is C21H30N4O4. The maximum atomic E-state index is 12.3. The average Bonchev–Trinajstić information content (AvgIpc) is 3.54. The van der Waals surface area contributed by atoms with Gasteiger partial charge in [0.1, 0.15) is 12.3 Å². The minimum atomic E-state index is -0.349. The summed E-state index contributed by atoms with van der Waals surface area (Å²) in [6.45, 7) is 5.14. The molecule has 1 atom stereocenters. The third kappa shape index (κ3) is 5.67. The van der Waals surface area contributed by atoms with Crippen molar-refractivity contribution in [1.82, 2.24) is 20.1 Å². The van der Waals surface area contributed by atoms with Gasteiger partial charge in [-0.25, -0.2) is 0 Å². The van der Waals surface area contributed by atoms with Gasteiger partial charge < -0.3 is 24.8 Å². The van der Waals surface area contributed by atoms with E-state index >= 15 is 0 Å². The Morgan fingerprint density at radius 1 is 1.10 bits per heavy atom. The summed E-state index contributed by atoms with van der Waals surface area (Å²) in [5.41, 5.74) is -0.0919. The number of nitrogens with zero attached hydrogens (tertiary/aromatic N) is 2. The summed E-state index contributed by atoms with van der Waals surface area (Å²) in [4.78, 5) is 42.8. The van der Waals surface area contributed by atoms with Crippen LogP contribution in [0.3, 0.4) is 0 Å². The van der Waals surface area contributed by atoms with Gasteiger partial charge in [0.25, 0.3) is 5.91 Å². The van der Waals surface area contributed by atoms with E-state index in [0.29, 0.717) is 19.0 Å². The van der Waals surface area contributed by atoms with Crippen LogP contribution in [0.1, 0.15) is 36.2 Å². The second kappa shape index (κ2) is 9.09. The largest absolute Gasteiger partial charge is 0.365 e. The summed E-state index contributed by atoms with van der Waals surface area (Å²) in [6.07, 6.45) is 4.82. The fourth-order valence-electron chi connectivity index (χ4n) is 4.19. The number of pyridine rings is 1. The highest BCUT2D eigenvalue weighted by Gasteiger charge is 2.31. The first kappa shape index (κ1) is 20.1. The van der Waals surface area contributed by atoms with Crippen LogP contribution in [0.4, 0.5) is 0 Å². The standard InChI is InChI=1S/C21H30N4O4/c26-19-3-1-2-18(23-19)21(28)22-10-17-13-25(20(27)14-29-17)12-16-6-8-24(9-7-16)11-15-4-5-15/h1-3,15-17H,4-14H2,(H,22,28)(H,23,26). The molecule has 8 heteroatoms. The minimum absolute atomic E-state index is 0.0281. The van der Waals surface area contributed by atoms with E-state index in [9.17, 15) is 14.4 Å². The molecule has 0 spiro atoms. The van der Waals surface area contributed by atoms with Crippen molar-refractivity contribution in [3.05, 3.63) is 34.2 Å². The minimum Gasteiger partial charge on any atom is -0.365 e. The number of hydrogen-bond donors (Lipinski definition) is 2. The molecule has 1 unspecified atom stereocenters. The molecule has 8 nitrogen and oxygen atoms in total. The highest BCUT2D eigenvalue weighted by atomic mass is 16.5. The molecule has 4 rings (SSSR count). The number of carbonyl (C=O) groups excluding carboxylic acids is 2. The normalized spacial score (nSPS) is 23.9. The molecule has 1 aromatic rings. The lowest BCUT2D eigenvalue weighted by Crippen LogP contribution is -2.52. The van der Waals surface area contributed by atoms with Gasteiger partial charge in [0.15, 0.2) is 0 Å². The summed E-state index contributed by atoms with van der Waals surface area (Å²) in [5.74, 6) is 1.15. The molecule has 2 amide bonds. The van der Waals surface area contributed by atoms with E-state index in [1.807, 2.05) is 4.90 Å². The molecular weight excluding hydrogens is 372 g/mol. The van der Waals surface area contributed by atoms with Crippen molar-refractivity contribution in [2.45, 2.75) is 31.8 Å². The molecule has 0 radical (unpaired) electrons. The number of piperidine rings is 1. The lowest BCUT2D eigenvalue weighted by Gasteiger charge is -2.38. The zero-order valence-electron chi connectivity index (χ0n) is 16.8. The Balaban J connectivity index is 1.22. The van der Waals surface area contributed by atoms with Gasteiger partial charge in [-0.2, -0.15) is 0 Å². The van der Waals surface area contributed by atoms with Gasteiger partial charge in [-0.1, -0.05) is 6.07 Å². The van der Waals surface area contributed by atoms with Crippen LogP contribution < -0.4 is 10.9 Å². The first-order valence-electron chi connectivity index (χ1n) is 10.7. The molecule has 2 saturated heterocycles. The third-order valence-corrected chi connectivity index (χ3v) is 6.12. The lowest BCUT2D eigenvalue weighted by atomic mass is 9.95. The van der Waals surface area contributed by atoms with E-state index in [4.69, 9.17) is 4.74 Å². The van der Waals surface area contributed by atoms with E-state index in [1.54, 1.807) is 12.1 Å². The predicted molar refractivity (Wildman–Crippen MR) is 108 cm³/mol. The first-order chi connectivity index (χ1) is 14.1. The maximum Gasteiger partial charge on any atom is 0.267 e. The smallest absolute Gasteiger partial charge is 0.267 e. The SMILES string of the molecule is O=C(NCC1CN(CC2CCN(CC3CC3)CC2)C(=O)CO1)c1cccc(=O)[nH]1. The molecule has 1 aliphatic carbocycles. The summed E-state index contributed by atoms with van der Waals surface area (Å²) in [7, 11) is 0. The Labute approximate surface area is 170 Å². The molecule has 1 aromatic heterocycles. The van der Waals surface area contributed by atoms with Crippen LogP contribution >= 0.6 is 0 Å². The van der Waals surface area contributed by atoms with E-state index in [1.165, 1.54) is 25.5 Å². The van der Waals surface area contributed by atoms with E-state index in [2.05, 4.69) is 15.2 Å². The zero-order chi connectivity index (χ0) is 20.2. The van der Waals surface area contributed by atoms with Gasteiger partial charge in [-0.3, -0.25) is 14.4 Å². The molecule has 3 aliphatic rings. The summed E-state index contributed by atoms with van der Waals surface area (Å²) in [6, 6.07) is 4.46. The van der Waals surface area contributed by atoms with E-state index in [-0.39, 0.29) is 35.8 Å². The zero-order valence-corrected chi connectivity index (χ0v) is 16.8. The van der Waals surface area contributed by atoms with E-state index in [0.717, 1.165) is 38.4 Å².